The Hall–Kier alpha value is -1.94. The highest BCUT2D eigenvalue weighted by atomic mass is 79.9. The molecule has 18 heavy (non-hydrogen) atoms. The molecule has 0 fully saturated rings. The van der Waals surface area contributed by atoms with Crippen LogP contribution in [0.25, 0.3) is 6.08 Å². The van der Waals surface area contributed by atoms with Crippen molar-refractivity contribution >= 4 is 33.6 Å². The van der Waals surface area contributed by atoms with E-state index in [1.165, 1.54) is 6.08 Å². The fraction of sp³-hybridized carbons (Fsp3) is 0. The topological polar surface area (TPSA) is 42.0 Å². The molecular formula is C14H11BrN2O. The Morgan fingerprint density at radius 3 is 2.89 bits per heavy atom. The fourth-order valence-electron chi connectivity index (χ4n) is 1.40. The van der Waals surface area contributed by atoms with Gasteiger partial charge in [0.15, 0.2) is 0 Å². The van der Waals surface area contributed by atoms with Crippen molar-refractivity contribution in [3.63, 3.8) is 0 Å². The molecule has 1 heterocycles. The molecule has 0 bridgehead atoms. The minimum atomic E-state index is -0.178. The minimum Gasteiger partial charge on any atom is -0.321 e. The quantitative estimate of drug-likeness (QED) is 0.882. The van der Waals surface area contributed by atoms with Crippen LogP contribution in [0.5, 0.6) is 0 Å². The van der Waals surface area contributed by atoms with Crippen molar-refractivity contribution in [1.29, 1.82) is 0 Å². The molecule has 2 aromatic rings. The van der Waals surface area contributed by atoms with E-state index in [0.29, 0.717) is 5.69 Å². The molecule has 1 aromatic heterocycles. The second-order valence-corrected chi connectivity index (χ2v) is 4.53. The molecule has 0 aliphatic rings. The Morgan fingerprint density at radius 2 is 2.17 bits per heavy atom. The molecule has 1 aromatic carbocycles. The van der Waals surface area contributed by atoms with Crippen molar-refractivity contribution in [2.24, 2.45) is 0 Å². The predicted octanol–water partition coefficient (Wildman–Crippen LogP) is 3.50. The molecule has 0 aliphatic carbocycles. The zero-order valence-electron chi connectivity index (χ0n) is 9.51. The summed E-state index contributed by atoms with van der Waals surface area (Å²) in [5.74, 6) is -0.178. The Bertz CT molecular complexity index is 567. The molecule has 0 atom stereocenters. The van der Waals surface area contributed by atoms with Crippen LogP contribution in [0.15, 0.2) is 59.3 Å². The van der Waals surface area contributed by atoms with Gasteiger partial charge in [0, 0.05) is 16.7 Å². The zero-order chi connectivity index (χ0) is 12.8. The second-order valence-electron chi connectivity index (χ2n) is 3.62. The number of rotatable bonds is 3. The van der Waals surface area contributed by atoms with Crippen LogP contribution in [0.4, 0.5) is 5.69 Å². The van der Waals surface area contributed by atoms with Gasteiger partial charge >= 0.3 is 0 Å². The van der Waals surface area contributed by atoms with Crippen LogP contribution in [-0.2, 0) is 4.79 Å². The van der Waals surface area contributed by atoms with Crippen molar-refractivity contribution < 1.29 is 4.79 Å². The number of hydrogen-bond acceptors (Lipinski definition) is 2. The molecule has 0 saturated heterocycles. The van der Waals surface area contributed by atoms with E-state index in [0.717, 1.165) is 10.0 Å². The van der Waals surface area contributed by atoms with Crippen molar-refractivity contribution in [3.05, 3.63) is 64.9 Å². The number of aromatic nitrogens is 1. The summed E-state index contributed by atoms with van der Waals surface area (Å²) in [6.45, 7) is 0. The van der Waals surface area contributed by atoms with Crippen molar-refractivity contribution in [2.45, 2.75) is 0 Å². The third kappa shape index (κ3) is 3.82. The Labute approximate surface area is 114 Å². The van der Waals surface area contributed by atoms with Crippen LogP contribution >= 0.6 is 15.9 Å². The molecule has 1 N–H and O–H groups in total. The smallest absolute Gasteiger partial charge is 0.248 e. The number of halogens is 1. The van der Waals surface area contributed by atoms with E-state index >= 15 is 0 Å². The Morgan fingerprint density at radius 1 is 1.28 bits per heavy atom. The highest BCUT2D eigenvalue weighted by Crippen LogP contribution is 2.12. The number of benzene rings is 1. The van der Waals surface area contributed by atoms with E-state index in [4.69, 9.17) is 0 Å². The predicted molar refractivity (Wildman–Crippen MR) is 76.0 cm³/mol. The van der Waals surface area contributed by atoms with Gasteiger partial charge in [-0.3, -0.25) is 9.78 Å². The number of nitrogens with one attached hydrogen (secondary N) is 1. The van der Waals surface area contributed by atoms with Crippen LogP contribution in [0.3, 0.4) is 0 Å². The van der Waals surface area contributed by atoms with Gasteiger partial charge in [-0.15, -0.1) is 0 Å². The molecule has 3 nitrogen and oxygen atoms in total. The molecule has 0 spiro atoms. The monoisotopic (exact) mass is 302 g/mol. The first-order valence-electron chi connectivity index (χ1n) is 5.39. The molecule has 1 amide bonds. The number of hydrogen-bond donors (Lipinski definition) is 1. The lowest BCUT2D eigenvalue weighted by molar-refractivity contribution is -0.111. The number of anilines is 1. The highest BCUT2D eigenvalue weighted by Gasteiger charge is 1.97. The van der Waals surface area contributed by atoms with Gasteiger partial charge in [0.25, 0.3) is 0 Å². The second kappa shape index (κ2) is 6.12. The first-order valence-corrected chi connectivity index (χ1v) is 6.18. The summed E-state index contributed by atoms with van der Waals surface area (Å²) < 4.78 is 0.984. The molecule has 90 valence electrons. The van der Waals surface area contributed by atoms with Gasteiger partial charge < -0.3 is 5.32 Å². The van der Waals surface area contributed by atoms with Crippen molar-refractivity contribution in [2.75, 3.05) is 5.32 Å². The minimum absolute atomic E-state index is 0.178. The molecule has 0 saturated carbocycles. The van der Waals surface area contributed by atoms with Crippen LogP contribution in [0.1, 0.15) is 5.56 Å². The largest absolute Gasteiger partial charge is 0.321 e. The lowest BCUT2D eigenvalue weighted by atomic mass is 10.2. The standard InChI is InChI=1S/C14H11BrN2O/c15-12-4-1-3-11(9-12)6-7-14(18)17-13-5-2-8-16-10-13/h1-10H,(H,17,18)/b7-6+. The summed E-state index contributed by atoms with van der Waals surface area (Å²) in [5, 5.41) is 2.73. The van der Waals surface area contributed by atoms with E-state index < -0.39 is 0 Å². The van der Waals surface area contributed by atoms with E-state index in [1.54, 1.807) is 30.6 Å². The lowest BCUT2D eigenvalue weighted by Crippen LogP contribution is -2.07. The number of carbonyl (C=O) groups is 1. The van der Waals surface area contributed by atoms with Gasteiger partial charge in [0.2, 0.25) is 5.91 Å². The lowest BCUT2D eigenvalue weighted by Gasteiger charge is -2.00. The maximum absolute atomic E-state index is 11.6. The number of amides is 1. The first kappa shape index (κ1) is 12.5. The summed E-state index contributed by atoms with van der Waals surface area (Å²) >= 11 is 3.38. The Kier molecular flexibility index (Phi) is 4.25. The third-order valence-corrected chi connectivity index (χ3v) is 2.70. The molecule has 0 radical (unpaired) electrons. The average Bonchev–Trinajstić information content (AvgIpc) is 2.38. The Balaban J connectivity index is 1.99. The summed E-state index contributed by atoms with van der Waals surface area (Å²) in [4.78, 5) is 15.6. The average molecular weight is 303 g/mol. The molecule has 0 aliphatic heterocycles. The zero-order valence-corrected chi connectivity index (χ0v) is 11.1. The summed E-state index contributed by atoms with van der Waals surface area (Å²) in [6.07, 6.45) is 6.52. The van der Waals surface area contributed by atoms with Crippen LogP contribution < -0.4 is 5.32 Å². The SMILES string of the molecule is O=C(/C=C/c1cccc(Br)c1)Nc1cccnc1. The van der Waals surface area contributed by atoms with Gasteiger partial charge in [-0.2, -0.15) is 0 Å². The molecule has 2 rings (SSSR count). The van der Waals surface area contributed by atoms with Gasteiger partial charge in [0.05, 0.1) is 11.9 Å². The third-order valence-electron chi connectivity index (χ3n) is 2.20. The van der Waals surface area contributed by atoms with Gasteiger partial charge in [-0.25, -0.2) is 0 Å². The van der Waals surface area contributed by atoms with E-state index in [2.05, 4.69) is 26.2 Å². The van der Waals surface area contributed by atoms with Gasteiger partial charge in [-0.05, 0) is 35.9 Å². The fourth-order valence-corrected chi connectivity index (χ4v) is 1.82. The van der Waals surface area contributed by atoms with E-state index in [-0.39, 0.29) is 5.91 Å². The summed E-state index contributed by atoms with van der Waals surface area (Å²) in [6, 6.07) is 11.3. The normalized spacial score (nSPS) is 10.5. The molecule has 4 heteroatoms. The van der Waals surface area contributed by atoms with Crippen molar-refractivity contribution in [3.8, 4) is 0 Å². The van der Waals surface area contributed by atoms with Crippen LogP contribution in [0.2, 0.25) is 0 Å². The molecule has 0 unspecified atom stereocenters. The van der Waals surface area contributed by atoms with Crippen molar-refractivity contribution in [1.82, 2.24) is 4.98 Å². The van der Waals surface area contributed by atoms with Gasteiger partial charge in [0.1, 0.15) is 0 Å². The van der Waals surface area contributed by atoms with Crippen LogP contribution in [-0.4, -0.2) is 10.9 Å². The number of carbonyl (C=O) groups excluding carboxylic acids is 1. The number of pyridine rings is 1. The number of nitrogens with zero attached hydrogens (tertiary/aromatic N) is 1. The maximum atomic E-state index is 11.6. The van der Waals surface area contributed by atoms with Gasteiger partial charge in [-0.1, -0.05) is 28.1 Å². The van der Waals surface area contributed by atoms with Crippen LogP contribution in [0, 0.1) is 0 Å². The summed E-state index contributed by atoms with van der Waals surface area (Å²) in [5.41, 5.74) is 1.65. The highest BCUT2D eigenvalue weighted by molar-refractivity contribution is 9.10. The summed E-state index contributed by atoms with van der Waals surface area (Å²) in [7, 11) is 0. The molecular weight excluding hydrogens is 292 g/mol. The van der Waals surface area contributed by atoms with E-state index in [9.17, 15) is 4.79 Å². The first-order chi connectivity index (χ1) is 8.74. The van der Waals surface area contributed by atoms with E-state index in [1.807, 2.05) is 24.3 Å². The maximum Gasteiger partial charge on any atom is 0.248 e.